The van der Waals surface area contributed by atoms with Gasteiger partial charge in [0.15, 0.2) is 0 Å². The van der Waals surface area contributed by atoms with Gasteiger partial charge in [-0.1, -0.05) is 36.4 Å². The molecule has 2 aromatic carbocycles. The van der Waals surface area contributed by atoms with E-state index in [2.05, 4.69) is 15.8 Å². The first kappa shape index (κ1) is 18.4. The third-order valence-corrected chi connectivity index (χ3v) is 3.82. The topological polar surface area (TPSA) is 70.6 Å². The molecular weight excluding hydrogens is 314 g/mol. The van der Waals surface area contributed by atoms with Crippen molar-refractivity contribution in [3.8, 4) is 0 Å². The zero-order valence-electron chi connectivity index (χ0n) is 14.6. The van der Waals surface area contributed by atoms with Gasteiger partial charge in [0.05, 0.1) is 0 Å². The SMILES string of the molecule is Cc1ccc(NC(=O)CCC(=O)N/N=C/Cc2ccccc2)cc1C. The first-order chi connectivity index (χ1) is 12.0. The summed E-state index contributed by atoms with van der Waals surface area (Å²) < 4.78 is 0. The molecule has 0 aliphatic carbocycles. The second kappa shape index (κ2) is 9.37. The van der Waals surface area contributed by atoms with Crippen molar-refractivity contribution < 1.29 is 9.59 Å². The van der Waals surface area contributed by atoms with Gasteiger partial charge < -0.3 is 5.32 Å². The molecule has 0 aliphatic rings. The Labute approximate surface area is 148 Å². The van der Waals surface area contributed by atoms with E-state index in [4.69, 9.17) is 0 Å². The monoisotopic (exact) mass is 337 g/mol. The first-order valence-corrected chi connectivity index (χ1v) is 8.26. The van der Waals surface area contributed by atoms with Crippen LogP contribution in [0.2, 0.25) is 0 Å². The fraction of sp³-hybridized carbons (Fsp3) is 0.250. The number of nitrogens with one attached hydrogen (secondary N) is 2. The van der Waals surface area contributed by atoms with Gasteiger partial charge in [-0.15, -0.1) is 0 Å². The Kier molecular flexibility index (Phi) is 6.89. The van der Waals surface area contributed by atoms with Crippen LogP contribution in [0.1, 0.15) is 29.5 Å². The molecular formula is C20H23N3O2. The van der Waals surface area contributed by atoms with Gasteiger partial charge in [-0.2, -0.15) is 5.10 Å². The molecule has 2 aromatic rings. The summed E-state index contributed by atoms with van der Waals surface area (Å²) in [6.45, 7) is 4.01. The third kappa shape index (κ3) is 6.59. The summed E-state index contributed by atoms with van der Waals surface area (Å²) in [6, 6.07) is 15.6. The van der Waals surface area contributed by atoms with E-state index in [9.17, 15) is 9.59 Å². The van der Waals surface area contributed by atoms with Crippen molar-refractivity contribution in [2.24, 2.45) is 5.10 Å². The lowest BCUT2D eigenvalue weighted by atomic mass is 10.1. The molecule has 0 aromatic heterocycles. The third-order valence-electron chi connectivity index (χ3n) is 3.82. The molecule has 0 saturated heterocycles. The van der Waals surface area contributed by atoms with E-state index in [0.717, 1.165) is 16.8 Å². The lowest BCUT2D eigenvalue weighted by Crippen LogP contribution is -2.20. The lowest BCUT2D eigenvalue weighted by Gasteiger charge is -2.07. The van der Waals surface area contributed by atoms with E-state index in [1.807, 2.05) is 62.4 Å². The molecule has 0 saturated carbocycles. The summed E-state index contributed by atoms with van der Waals surface area (Å²) in [7, 11) is 0. The highest BCUT2D eigenvalue weighted by atomic mass is 16.2. The molecule has 0 atom stereocenters. The van der Waals surface area contributed by atoms with E-state index < -0.39 is 0 Å². The molecule has 0 bridgehead atoms. The van der Waals surface area contributed by atoms with E-state index in [1.54, 1.807) is 6.21 Å². The molecule has 2 N–H and O–H groups in total. The van der Waals surface area contributed by atoms with Gasteiger partial charge >= 0.3 is 0 Å². The summed E-state index contributed by atoms with van der Waals surface area (Å²) >= 11 is 0. The highest BCUT2D eigenvalue weighted by Crippen LogP contribution is 2.14. The van der Waals surface area contributed by atoms with Gasteiger partial charge in [-0.25, -0.2) is 5.43 Å². The van der Waals surface area contributed by atoms with E-state index in [0.29, 0.717) is 6.42 Å². The number of aryl methyl sites for hydroxylation is 2. The summed E-state index contributed by atoms with van der Waals surface area (Å²) in [5, 5.41) is 6.69. The molecule has 5 heteroatoms. The molecule has 130 valence electrons. The number of carbonyl (C=O) groups excluding carboxylic acids is 2. The molecule has 0 spiro atoms. The Morgan fingerprint density at radius 2 is 1.68 bits per heavy atom. The highest BCUT2D eigenvalue weighted by Gasteiger charge is 2.07. The Hall–Kier alpha value is -2.95. The number of amides is 2. The zero-order chi connectivity index (χ0) is 18.1. The number of hydrogen-bond acceptors (Lipinski definition) is 3. The van der Waals surface area contributed by atoms with E-state index in [1.165, 1.54) is 5.56 Å². The fourth-order valence-electron chi connectivity index (χ4n) is 2.21. The highest BCUT2D eigenvalue weighted by molar-refractivity contribution is 5.93. The van der Waals surface area contributed by atoms with Crippen molar-refractivity contribution in [2.75, 3.05) is 5.32 Å². The number of rotatable bonds is 7. The normalized spacial score (nSPS) is 10.6. The maximum atomic E-state index is 11.9. The van der Waals surface area contributed by atoms with Crippen molar-refractivity contribution in [2.45, 2.75) is 33.1 Å². The molecule has 5 nitrogen and oxygen atoms in total. The predicted molar refractivity (Wildman–Crippen MR) is 101 cm³/mol. The van der Waals surface area contributed by atoms with Crippen LogP contribution in [-0.4, -0.2) is 18.0 Å². The van der Waals surface area contributed by atoms with Crippen molar-refractivity contribution in [3.05, 3.63) is 65.2 Å². The van der Waals surface area contributed by atoms with Crippen LogP contribution in [-0.2, 0) is 16.0 Å². The van der Waals surface area contributed by atoms with Gasteiger partial charge in [0.1, 0.15) is 0 Å². The fourth-order valence-corrected chi connectivity index (χ4v) is 2.21. The summed E-state index contributed by atoms with van der Waals surface area (Å²) in [5.74, 6) is -0.466. The average molecular weight is 337 g/mol. The largest absolute Gasteiger partial charge is 0.326 e. The van der Waals surface area contributed by atoms with Gasteiger partial charge in [-0.3, -0.25) is 9.59 Å². The molecule has 0 radical (unpaired) electrons. The summed E-state index contributed by atoms with van der Waals surface area (Å²) in [4.78, 5) is 23.6. The number of benzene rings is 2. The first-order valence-electron chi connectivity index (χ1n) is 8.26. The van der Waals surface area contributed by atoms with Gasteiger partial charge in [0.2, 0.25) is 11.8 Å². The number of anilines is 1. The van der Waals surface area contributed by atoms with Crippen LogP contribution in [0.25, 0.3) is 0 Å². The van der Waals surface area contributed by atoms with E-state index in [-0.39, 0.29) is 24.7 Å². The van der Waals surface area contributed by atoms with Gasteiger partial charge in [0.25, 0.3) is 0 Å². The van der Waals surface area contributed by atoms with Crippen molar-refractivity contribution in [1.29, 1.82) is 0 Å². The van der Waals surface area contributed by atoms with Gasteiger partial charge in [-0.05, 0) is 42.7 Å². The molecule has 0 unspecified atom stereocenters. The zero-order valence-corrected chi connectivity index (χ0v) is 14.6. The summed E-state index contributed by atoms with van der Waals surface area (Å²) in [5.41, 5.74) is 6.59. The van der Waals surface area contributed by atoms with Crippen LogP contribution in [0.4, 0.5) is 5.69 Å². The van der Waals surface area contributed by atoms with Crippen LogP contribution >= 0.6 is 0 Å². The Balaban J connectivity index is 1.68. The van der Waals surface area contributed by atoms with Crippen molar-refractivity contribution in [1.82, 2.24) is 5.43 Å². The van der Waals surface area contributed by atoms with Crippen LogP contribution in [0.15, 0.2) is 53.6 Å². The minimum absolute atomic E-state index is 0.0966. The average Bonchev–Trinajstić information content (AvgIpc) is 2.61. The number of nitrogens with zero attached hydrogens (tertiary/aromatic N) is 1. The number of hydrogen-bond donors (Lipinski definition) is 2. The van der Waals surface area contributed by atoms with E-state index >= 15 is 0 Å². The predicted octanol–water partition coefficient (Wildman–Crippen LogP) is 3.37. The molecule has 0 fully saturated rings. The standard InChI is InChI=1S/C20H23N3O2/c1-15-8-9-18(14-16(15)2)22-19(24)10-11-20(25)23-21-13-12-17-6-4-3-5-7-17/h3-9,13-14H,10-12H2,1-2H3,(H,22,24)(H,23,25)/b21-13+. The lowest BCUT2D eigenvalue weighted by molar-refractivity contribution is -0.124. The maximum Gasteiger partial charge on any atom is 0.240 e. The molecule has 2 amide bonds. The van der Waals surface area contributed by atoms with Crippen LogP contribution in [0.3, 0.4) is 0 Å². The number of hydrazone groups is 1. The summed E-state index contributed by atoms with van der Waals surface area (Å²) in [6.07, 6.45) is 2.50. The Morgan fingerprint density at radius 3 is 2.40 bits per heavy atom. The minimum Gasteiger partial charge on any atom is -0.326 e. The van der Waals surface area contributed by atoms with Crippen LogP contribution in [0.5, 0.6) is 0 Å². The van der Waals surface area contributed by atoms with Gasteiger partial charge in [0, 0.05) is 31.2 Å². The smallest absolute Gasteiger partial charge is 0.240 e. The molecule has 25 heavy (non-hydrogen) atoms. The number of carbonyl (C=O) groups is 2. The van der Waals surface area contributed by atoms with Crippen LogP contribution < -0.4 is 10.7 Å². The Morgan fingerprint density at radius 1 is 0.960 bits per heavy atom. The quantitative estimate of drug-likeness (QED) is 0.601. The van der Waals surface area contributed by atoms with Crippen molar-refractivity contribution in [3.63, 3.8) is 0 Å². The second-order valence-corrected chi connectivity index (χ2v) is 5.88. The molecule has 0 heterocycles. The maximum absolute atomic E-state index is 11.9. The minimum atomic E-state index is -0.278. The van der Waals surface area contributed by atoms with Crippen LogP contribution in [0, 0.1) is 13.8 Å². The van der Waals surface area contributed by atoms with Crippen molar-refractivity contribution >= 4 is 23.7 Å². The Bertz CT molecular complexity index is 755. The second-order valence-electron chi connectivity index (χ2n) is 5.88. The molecule has 2 rings (SSSR count). The molecule has 0 aliphatic heterocycles.